The molecule has 2 aromatic carbocycles. The molecule has 23 heavy (non-hydrogen) atoms. The van der Waals surface area contributed by atoms with Gasteiger partial charge < -0.3 is 14.8 Å². The number of anilines is 1. The van der Waals surface area contributed by atoms with Crippen molar-refractivity contribution in [2.24, 2.45) is 0 Å². The van der Waals surface area contributed by atoms with E-state index in [9.17, 15) is 4.79 Å². The standard InChI is InChI=1S/C18H18BrNO3/c1-3-6-13-9-10-16(17(11-13)22-2)23-12-18(21)20-15-8-5-4-7-14(15)19/h3-5,7-11H,1,6,12H2,2H3,(H,20,21). The van der Waals surface area contributed by atoms with Crippen LogP contribution in [0.15, 0.2) is 59.6 Å². The van der Waals surface area contributed by atoms with E-state index in [4.69, 9.17) is 9.47 Å². The van der Waals surface area contributed by atoms with Crippen LogP contribution in [-0.4, -0.2) is 19.6 Å². The fraction of sp³-hybridized carbons (Fsp3) is 0.167. The number of benzene rings is 2. The summed E-state index contributed by atoms with van der Waals surface area (Å²) in [5.74, 6) is 0.884. The molecule has 1 amide bonds. The molecule has 0 saturated carbocycles. The van der Waals surface area contributed by atoms with E-state index in [-0.39, 0.29) is 12.5 Å². The Hall–Kier alpha value is -2.27. The van der Waals surface area contributed by atoms with Crippen LogP contribution in [0.4, 0.5) is 5.69 Å². The molecular weight excluding hydrogens is 358 g/mol. The van der Waals surface area contributed by atoms with Crippen LogP contribution in [0.25, 0.3) is 0 Å². The molecular formula is C18H18BrNO3. The van der Waals surface area contributed by atoms with E-state index in [1.54, 1.807) is 13.2 Å². The number of carbonyl (C=O) groups excluding carboxylic acids is 1. The van der Waals surface area contributed by atoms with Crippen LogP contribution < -0.4 is 14.8 Å². The fourth-order valence-corrected chi connectivity index (χ4v) is 2.40. The second-order valence-corrected chi connectivity index (χ2v) is 5.65. The van der Waals surface area contributed by atoms with E-state index in [0.29, 0.717) is 17.2 Å². The van der Waals surface area contributed by atoms with Crippen LogP contribution in [0.2, 0.25) is 0 Å². The lowest BCUT2D eigenvalue weighted by Gasteiger charge is -2.12. The van der Waals surface area contributed by atoms with Gasteiger partial charge in [-0.3, -0.25) is 4.79 Å². The third-order valence-corrected chi connectivity index (χ3v) is 3.81. The topological polar surface area (TPSA) is 47.6 Å². The lowest BCUT2D eigenvalue weighted by Crippen LogP contribution is -2.20. The summed E-state index contributed by atoms with van der Waals surface area (Å²) in [5, 5.41) is 2.78. The van der Waals surface area contributed by atoms with Gasteiger partial charge in [-0.15, -0.1) is 6.58 Å². The Balaban J connectivity index is 1.98. The SMILES string of the molecule is C=CCc1ccc(OCC(=O)Nc2ccccc2Br)c(OC)c1. The monoisotopic (exact) mass is 375 g/mol. The number of amides is 1. The predicted octanol–water partition coefficient (Wildman–Crippen LogP) is 4.20. The fourth-order valence-electron chi connectivity index (χ4n) is 2.02. The minimum Gasteiger partial charge on any atom is -0.493 e. The number of allylic oxidation sites excluding steroid dienone is 1. The lowest BCUT2D eigenvalue weighted by atomic mass is 10.1. The molecule has 0 aliphatic rings. The van der Waals surface area contributed by atoms with Crippen molar-refractivity contribution >= 4 is 27.5 Å². The van der Waals surface area contributed by atoms with Gasteiger partial charge in [-0.25, -0.2) is 0 Å². The number of halogens is 1. The van der Waals surface area contributed by atoms with Crippen LogP contribution in [-0.2, 0) is 11.2 Å². The van der Waals surface area contributed by atoms with Crippen LogP contribution in [0, 0.1) is 0 Å². The maximum Gasteiger partial charge on any atom is 0.262 e. The highest BCUT2D eigenvalue weighted by Crippen LogP contribution is 2.28. The molecule has 1 N–H and O–H groups in total. The van der Waals surface area contributed by atoms with Gasteiger partial charge in [-0.1, -0.05) is 24.3 Å². The Morgan fingerprint density at radius 1 is 1.26 bits per heavy atom. The Morgan fingerprint density at radius 2 is 2.04 bits per heavy atom. The van der Waals surface area contributed by atoms with Gasteiger partial charge in [0.2, 0.25) is 0 Å². The first-order valence-electron chi connectivity index (χ1n) is 7.09. The van der Waals surface area contributed by atoms with Crippen molar-refractivity contribution in [3.05, 3.63) is 65.2 Å². The highest BCUT2D eigenvalue weighted by molar-refractivity contribution is 9.10. The number of ether oxygens (including phenoxy) is 2. The zero-order chi connectivity index (χ0) is 16.7. The van der Waals surface area contributed by atoms with Crippen molar-refractivity contribution in [3.8, 4) is 11.5 Å². The smallest absolute Gasteiger partial charge is 0.262 e. The summed E-state index contributed by atoms with van der Waals surface area (Å²) >= 11 is 3.38. The maximum atomic E-state index is 12.0. The summed E-state index contributed by atoms with van der Waals surface area (Å²) in [6.45, 7) is 3.61. The molecule has 4 nitrogen and oxygen atoms in total. The zero-order valence-electron chi connectivity index (χ0n) is 12.8. The largest absolute Gasteiger partial charge is 0.493 e. The molecule has 0 aliphatic heterocycles. The van der Waals surface area contributed by atoms with Crippen molar-refractivity contribution in [2.75, 3.05) is 19.0 Å². The first-order valence-corrected chi connectivity index (χ1v) is 7.88. The number of hydrogen-bond donors (Lipinski definition) is 1. The summed E-state index contributed by atoms with van der Waals surface area (Å²) in [4.78, 5) is 12.0. The molecule has 0 bridgehead atoms. The average molecular weight is 376 g/mol. The van der Waals surface area contributed by atoms with E-state index < -0.39 is 0 Å². The molecule has 0 unspecified atom stereocenters. The van der Waals surface area contributed by atoms with E-state index in [2.05, 4.69) is 27.8 Å². The summed E-state index contributed by atoms with van der Waals surface area (Å²) in [7, 11) is 1.57. The molecule has 0 aliphatic carbocycles. The molecule has 0 atom stereocenters. The molecule has 2 rings (SSSR count). The quantitative estimate of drug-likeness (QED) is 0.737. The van der Waals surface area contributed by atoms with Crippen molar-refractivity contribution in [2.45, 2.75) is 6.42 Å². The highest BCUT2D eigenvalue weighted by Gasteiger charge is 2.09. The molecule has 0 saturated heterocycles. The average Bonchev–Trinajstić information content (AvgIpc) is 2.56. The van der Waals surface area contributed by atoms with Crippen LogP contribution in [0.5, 0.6) is 11.5 Å². The van der Waals surface area contributed by atoms with Gasteiger partial charge in [0.1, 0.15) is 0 Å². The normalized spacial score (nSPS) is 10.0. The van der Waals surface area contributed by atoms with Crippen LogP contribution in [0.3, 0.4) is 0 Å². The molecule has 0 spiro atoms. The lowest BCUT2D eigenvalue weighted by molar-refractivity contribution is -0.118. The molecule has 5 heteroatoms. The van der Waals surface area contributed by atoms with Gasteiger partial charge in [0.25, 0.3) is 5.91 Å². The summed E-state index contributed by atoms with van der Waals surface area (Å²) in [5.41, 5.74) is 1.77. The first kappa shape index (κ1) is 17.1. The summed E-state index contributed by atoms with van der Waals surface area (Å²) < 4.78 is 11.7. The second-order valence-electron chi connectivity index (χ2n) is 4.79. The minimum absolute atomic E-state index is 0.0987. The maximum absolute atomic E-state index is 12.0. The minimum atomic E-state index is -0.242. The van der Waals surface area contributed by atoms with Gasteiger partial charge >= 0.3 is 0 Å². The van der Waals surface area contributed by atoms with Crippen molar-refractivity contribution in [1.82, 2.24) is 0 Å². The van der Waals surface area contributed by atoms with E-state index >= 15 is 0 Å². The molecule has 0 fully saturated rings. The predicted molar refractivity (Wildman–Crippen MR) is 95.2 cm³/mol. The van der Waals surface area contributed by atoms with Crippen molar-refractivity contribution in [3.63, 3.8) is 0 Å². The third kappa shape index (κ3) is 4.86. The molecule has 2 aromatic rings. The third-order valence-electron chi connectivity index (χ3n) is 3.11. The number of methoxy groups -OCH3 is 1. The van der Waals surface area contributed by atoms with Crippen LogP contribution >= 0.6 is 15.9 Å². The first-order chi connectivity index (χ1) is 11.1. The van der Waals surface area contributed by atoms with Gasteiger partial charge in [-0.2, -0.15) is 0 Å². The van der Waals surface area contributed by atoms with Crippen molar-refractivity contribution < 1.29 is 14.3 Å². The zero-order valence-corrected chi connectivity index (χ0v) is 14.4. The Bertz CT molecular complexity index is 700. The molecule has 0 aromatic heterocycles. The number of nitrogens with one attached hydrogen (secondary N) is 1. The Kier molecular flexibility index (Phi) is 6.23. The Labute approximate surface area is 144 Å². The van der Waals surface area contributed by atoms with E-state index in [1.165, 1.54) is 0 Å². The van der Waals surface area contributed by atoms with Gasteiger partial charge in [0.15, 0.2) is 18.1 Å². The van der Waals surface area contributed by atoms with Gasteiger partial charge in [0, 0.05) is 4.47 Å². The number of rotatable bonds is 7. The van der Waals surface area contributed by atoms with Crippen LogP contribution in [0.1, 0.15) is 5.56 Å². The molecule has 0 heterocycles. The number of para-hydroxylation sites is 1. The second kappa shape index (κ2) is 8.39. The van der Waals surface area contributed by atoms with E-state index in [0.717, 1.165) is 16.5 Å². The number of carbonyl (C=O) groups is 1. The Morgan fingerprint density at radius 3 is 2.74 bits per heavy atom. The molecule has 120 valence electrons. The number of hydrogen-bond acceptors (Lipinski definition) is 3. The summed E-state index contributed by atoms with van der Waals surface area (Å²) in [6, 6.07) is 13.0. The van der Waals surface area contributed by atoms with Gasteiger partial charge in [-0.05, 0) is 52.2 Å². The molecule has 0 radical (unpaired) electrons. The van der Waals surface area contributed by atoms with Gasteiger partial charge in [0.05, 0.1) is 12.8 Å². The summed E-state index contributed by atoms with van der Waals surface area (Å²) in [6.07, 6.45) is 2.57. The van der Waals surface area contributed by atoms with Crippen molar-refractivity contribution in [1.29, 1.82) is 0 Å². The highest BCUT2D eigenvalue weighted by atomic mass is 79.9. The van der Waals surface area contributed by atoms with E-state index in [1.807, 2.05) is 42.5 Å².